The quantitative estimate of drug-likeness (QED) is 0.416. The molecule has 0 aromatic rings. The monoisotopic (exact) mass is 180 g/mol. The van der Waals surface area contributed by atoms with E-state index in [-0.39, 0.29) is 0 Å². The van der Waals surface area contributed by atoms with Crippen LogP contribution in [0, 0.1) is 0 Å². The summed E-state index contributed by atoms with van der Waals surface area (Å²) in [4.78, 5) is 0. The lowest BCUT2D eigenvalue weighted by Gasteiger charge is -1.76. The standard InChI is InChI=1S/C3H6BI/c1-3(5)2-4/h1-2,4H2. The highest BCUT2D eigenvalue weighted by Crippen LogP contribution is 2.02. The second-order valence-electron chi connectivity index (χ2n) is 0.871. The molecule has 0 aromatic carbocycles. The fourth-order valence-corrected chi connectivity index (χ4v) is 0. The highest BCUT2D eigenvalue weighted by Gasteiger charge is 1.71. The average Bonchev–Trinajstić information content (AvgIpc) is 1.38. The maximum absolute atomic E-state index is 3.66. The topological polar surface area (TPSA) is 0 Å². The van der Waals surface area contributed by atoms with Crippen molar-refractivity contribution in [1.29, 1.82) is 0 Å². The van der Waals surface area contributed by atoms with Crippen LogP contribution in [0.5, 0.6) is 0 Å². The van der Waals surface area contributed by atoms with E-state index >= 15 is 0 Å². The fourth-order valence-electron chi connectivity index (χ4n) is 0. The highest BCUT2D eigenvalue weighted by molar-refractivity contribution is 14.1. The molecular weight excluding hydrogens is 174 g/mol. The van der Waals surface area contributed by atoms with E-state index in [0.717, 1.165) is 6.32 Å². The van der Waals surface area contributed by atoms with Gasteiger partial charge in [0.15, 0.2) is 0 Å². The Morgan fingerprint density at radius 2 is 2.20 bits per heavy atom. The minimum absolute atomic E-state index is 1.10. The molecule has 0 N–H and O–H groups in total. The van der Waals surface area contributed by atoms with Crippen molar-refractivity contribution in [2.24, 2.45) is 0 Å². The molecule has 0 bridgehead atoms. The van der Waals surface area contributed by atoms with Crippen LogP contribution in [0.15, 0.2) is 10.2 Å². The van der Waals surface area contributed by atoms with Crippen molar-refractivity contribution in [3.63, 3.8) is 0 Å². The fraction of sp³-hybridized carbons (Fsp3) is 0.333. The number of hydrogen-bond acceptors (Lipinski definition) is 0. The molecule has 0 radical (unpaired) electrons. The molecule has 0 spiro atoms. The molecule has 0 aromatic heterocycles. The first-order valence-electron chi connectivity index (χ1n) is 1.60. The summed E-state index contributed by atoms with van der Waals surface area (Å²) in [6.07, 6.45) is 1.10. The lowest BCUT2D eigenvalue weighted by atomic mass is 10.1. The van der Waals surface area contributed by atoms with Crippen molar-refractivity contribution in [2.45, 2.75) is 6.32 Å². The van der Waals surface area contributed by atoms with Crippen molar-refractivity contribution < 1.29 is 0 Å². The zero-order chi connectivity index (χ0) is 4.28. The Bertz CT molecular complexity index is 42.2. The predicted octanol–water partition coefficient (Wildman–Crippen LogP) is 0.986. The summed E-state index contributed by atoms with van der Waals surface area (Å²) in [5, 5.41) is 0. The van der Waals surface area contributed by atoms with Crippen molar-refractivity contribution in [2.75, 3.05) is 0 Å². The Morgan fingerprint density at radius 1 is 2.00 bits per heavy atom. The van der Waals surface area contributed by atoms with Gasteiger partial charge in [-0.25, -0.2) is 0 Å². The van der Waals surface area contributed by atoms with Crippen molar-refractivity contribution >= 4 is 30.4 Å². The van der Waals surface area contributed by atoms with Gasteiger partial charge in [0.25, 0.3) is 0 Å². The first kappa shape index (κ1) is 5.53. The van der Waals surface area contributed by atoms with E-state index in [1.165, 1.54) is 3.58 Å². The predicted molar refractivity (Wildman–Crippen MR) is 36.5 cm³/mol. The van der Waals surface area contributed by atoms with Gasteiger partial charge in [-0.3, -0.25) is 0 Å². The summed E-state index contributed by atoms with van der Waals surface area (Å²) >= 11 is 2.21. The molecular formula is C3H6BI. The Hall–Kier alpha value is 0.535. The molecule has 0 fully saturated rings. The molecule has 0 nitrogen and oxygen atoms in total. The van der Waals surface area contributed by atoms with E-state index in [0.29, 0.717) is 0 Å². The minimum atomic E-state index is 1.10. The summed E-state index contributed by atoms with van der Waals surface area (Å²) in [6, 6.07) is 0. The van der Waals surface area contributed by atoms with Crippen LogP contribution in [-0.4, -0.2) is 7.85 Å². The molecule has 5 heavy (non-hydrogen) atoms. The molecule has 0 aliphatic carbocycles. The normalized spacial score (nSPS) is 7.40. The van der Waals surface area contributed by atoms with Crippen molar-refractivity contribution in [3.8, 4) is 0 Å². The maximum atomic E-state index is 3.66. The van der Waals surface area contributed by atoms with Gasteiger partial charge in [-0.15, -0.1) is 0 Å². The molecule has 0 aliphatic heterocycles. The van der Waals surface area contributed by atoms with Gasteiger partial charge in [-0.2, -0.15) is 0 Å². The summed E-state index contributed by atoms with van der Waals surface area (Å²) in [7, 11) is 2.09. The molecule has 0 atom stereocenters. The van der Waals surface area contributed by atoms with Gasteiger partial charge in [0.2, 0.25) is 0 Å². The molecule has 0 rings (SSSR count). The SMILES string of the molecule is BCC(=C)I. The molecule has 0 heterocycles. The number of hydrogen-bond donors (Lipinski definition) is 0. The highest BCUT2D eigenvalue weighted by atomic mass is 127. The molecule has 0 saturated carbocycles. The minimum Gasteiger partial charge on any atom is -0.0905 e. The summed E-state index contributed by atoms with van der Waals surface area (Å²) in [5.74, 6) is 0. The Labute approximate surface area is 47.2 Å². The molecule has 0 unspecified atom stereocenters. The Kier molecular flexibility index (Phi) is 3.05. The molecule has 0 saturated heterocycles. The van der Waals surface area contributed by atoms with Gasteiger partial charge >= 0.3 is 0 Å². The van der Waals surface area contributed by atoms with Crippen LogP contribution in [-0.2, 0) is 0 Å². The van der Waals surface area contributed by atoms with E-state index in [9.17, 15) is 0 Å². The number of allylic oxidation sites excluding steroid dienone is 1. The molecule has 28 valence electrons. The number of halogens is 1. The maximum Gasteiger partial charge on any atom is 0.107 e. The lowest BCUT2D eigenvalue weighted by molar-refractivity contribution is 1.74. The van der Waals surface area contributed by atoms with Crippen molar-refractivity contribution in [1.82, 2.24) is 0 Å². The first-order valence-corrected chi connectivity index (χ1v) is 2.68. The summed E-state index contributed by atoms with van der Waals surface area (Å²) in [6.45, 7) is 3.66. The van der Waals surface area contributed by atoms with Gasteiger partial charge in [0.05, 0.1) is 0 Å². The van der Waals surface area contributed by atoms with Crippen LogP contribution in [0.25, 0.3) is 0 Å². The Balaban J connectivity index is 2.85. The third-order valence-corrected chi connectivity index (χ3v) is 1.15. The number of rotatable bonds is 1. The zero-order valence-electron chi connectivity index (χ0n) is 3.29. The van der Waals surface area contributed by atoms with Gasteiger partial charge in [-0.1, -0.05) is 35.5 Å². The molecule has 0 amide bonds. The molecule has 2 heteroatoms. The van der Waals surface area contributed by atoms with E-state index in [4.69, 9.17) is 0 Å². The van der Waals surface area contributed by atoms with Crippen LogP contribution >= 0.6 is 22.6 Å². The third-order valence-electron chi connectivity index (χ3n) is 0.384. The Morgan fingerprint density at radius 3 is 2.20 bits per heavy atom. The lowest BCUT2D eigenvalue weighted by Crippen LogP contribution is -1.58. The van der Waals surface area contributed by atoms with Crippen LogP contribution in [0.3, 0.4) is 0 Å². The van der Waals surface area contributed by atoms with Gasteiger partial charge in [0, 0.05) is 0 Å². The second kappa shape index (κ2) is 2.76. The average molecular weight is 180 g/mol. The zero-order valence-corrected chi connectivity index (χ0v) is 5.45. The third kappa shape index (κ3) is 4.53. The van der Waals surface area contributed by atoms with E-state index in [1.54, 1.807) is 0 Å². The van der Waals surface area contributed by atoms with E-state index in [1.807, 2.05) is 0 Å². The van der Waals surface area contributed by atoms with Crippen LogP contribution in [0.2, 0.25) is 6.32 Å². The van der Waals surface area contributed by atoms with Gasteiger partial charge < -0.3 is 0 Å². The largest absolute Gasteiger partial charge is 0.107 e. The summed E-state index contributed by atoms with van der Waals surface area (Å²) < 4.78 is 1.22. The van der Waals surface area contributed by atoms with Crippen LogP contribution < -0.4 is 0 Å². The summed E-state index contributed by atoms with van der Waals surface area (Å²) in [5.41, 5.74) is 0. The van der Waals surface area contributed by atoms with Gasteiger partial charge in [0.1, 0.15) is 7.85 Å². The van der Waals surface area contributed by atoms with Gasteiger partial charge in [-0.05, 0) is 3.58 Å². The smallest absolute Gasteiger partial charge is 0.0905 e. The molecule has 0 aliphatic rings. The first-order chi connectivity index (χ1) is 2.27. The van der Waals surface area contributed by atoms with Crippen molar-refractivity contribution in [3.05, 3.63) is 10.2 Å². The van der Waals surface area contributed by atoms with Crippen LogP contribution in [0.4, 0.5) is 0 Å². The van der Waals surface area contributed by atoms with E-state index < -0.39 is 0 Å². The van der Waals surface area contributed by atoms with Crippen LogP contribution in [0.1, 0.15) is 0 Å². The van der Waals surface area contributed by atoms with E-state index in [2.05, 4.69) is 37.0 Å². The second-order valence-corrected chi connectivity index (χ2v) is 2.40.